The molecule has 0 aliphatic heterocycles. The van der Waals surface area contributed by atoms with Crippen LogP contribution in [0.2, 0.25) is 0 Å². The molecule has 0 bridgehead atoms. The fourth-order valence-corrected chi connectivity index (χ4v) is 2.37. The van der Waals surface area contributed by atoms with Gasteiger partial charge >= 0.3 is 5.97 Å². The van der Waals surface area contributed by atoms with Gasteiger partial charge in [0.25, 0.3) is 0 Å². The van der Waals surface area contributed by atoms with Crippen LogP contribution in [-0.2, 0) is 11.2 Å². The van der Waals surface area contributed by atoms with Crippen LogP contribution in [0.5, 0.6) is 0 Å². The second kappa shape index (κ2) is 5.53. The van der Waals surface area contributed by atoms with E-state index in [9.17, 15) is 4.79 Å². The quantitative estimate of drug-likeness (QED) is 0.840. The van der Waals surface area contributed by atoms with Crippen molar-refractivity contribution in [3.05, 3.63) is 35.4 Å². The molecular weight excluding hydrogens is 226 g/mol. The average molecular weight is 247 g/mol. The van der Waals surface area contributed by atoms with Crippen LogP contribution in [0.25, 0.3) is 0 Å². The molecule has 0 amide bonds. The molecule has 0 saturated heterocycles. The highest BCUT2D eigenvalue weighted by Crippen LogP contribution is 2.33. The topological polar surface area (TPSA) is 40.5 Å². The van der Waals surface area contributed by atoms with E-state index in [1.54, 1.807) is 0 Å². The van der Waals surface area contributed by atoms with Crippen molar-refractivity contribution in [1.29, 1.82) is 0 Å². The van der Waals surface area contributed by atoms with Crippen molar-refractivity contribution in [3.8, 4) is 0 Å². The average Bonchev–Trinajstić information content (AvgIpc) is 3.19. The van der Waals surface area contributed by atoms with Gasteiger partial charge in [0, 0.05) is 12.1 Å². The Morgan fingerprint density at radius 2 is 2.00 bits per heavy atom. The van der Waals surface area contributed by atoms with Crippen LogP contribution in [0.3, 0.4) is 0 Å². The van der Waals surface area contributed by atoms with Crippen LogP contribution >= 0.6 is 0 Å². The highest BCUT2D eigenvalue weighted by atomic mass is 16.4. The Hall–Kier alpha value is -1.35. The second-order valence-corrected chi connectivity index (χ2v) is 5.07. The number of rotatable bonds is 6. The summed E-state index contributed by atoms with van der Waals surface area (Å²) in [4.78, 5) is 13.0. The van der Waals surface area contributed by atoms with Crippen LogP contribution in [0, 0.1) is 0 Å². The van der Waals surface area contributed by atoms with Gasteiger partial charge in [0.15, 0.2) is 0 Å². The van der Waals surface area contributed by atoms with Gasteiger partial charge in [-0.05, 0) is 37.3 Å². The molecule has 1 aliphatic rings. The predicted molar refractivity (Wildman–Crippen MR) is 71.6 cm³/mol. The van der Waals surface area contributed by atoms with Crippen molar-refractivity contribution in [2.75, 3.05) is 6.54 Å². The molecule has 1 aromatic carbocycles. The largest absolute Gasteiger partial charge is 0.480 e. The first-order valence-electron chi connectivity index (χ1n) is 6.68. The highest BCUT2D eigenvalue weighted by molar-refractivity contribution is 5.69. The van der Waals surface area contributed by atoms with Gasteiger partial charge in [-0.3, -0.25) is 9.69 Å². The Morgan fingerprint density at radius 1 is 1.39 bits per heavy atom. The van der Waals surface area contributed by atoms with Gasteiger partial charge in [-0.15, -0.1) is 0 Å². The van der Waals surface area contributed by atoms with Crippen molar-refractivity contribution in [2.45, 2.75) is 45.2 Å². The van der Waals surface area contributed by atoms with Gasteiger partial charge in [0.05, 0.1) is 6.54 Å². The van der Waals surface area contributed by atoms with Gasteiger partial charge in [-0.1, -0.05) is 31.2 Å². The van der Waals surface area contributed by atoms with E-state index in [2.05, 4.69) is 43.0 Å². The lowest BCUT2D eigenvalue weighted by molar-refractivity contribution is -0.139. The predicted octanol–water partition coefficient (Wildman–Crippen LogP) is 2.86. The zero-order valence-electron chi connectivity index (χ0n) is 11.1. The monoisotopic (exact) mass is 247 g/mol. The third-order valence-electron chi connectivity index (χ3n) is 3.70. The SMILES string of the molecule is CCc1ccc(C(C)N(CC(=O)O)C2CC2)cc1. The molecule has 98 valence electrons. The van der Waals surface area contributed by atoms with Gasteiger partial charge in [0.2, 0.25) is 0 Å². The molecule has 1 aliphatic carbocycles. The summed E-state index contributed by atoms with van der Waals surface area (Å²) in [7, 11) is 0. The van der Waals surface area contributed by atoms with Crippen molar-refractivity contribution in [1.82, 2.24) is 4.90 Å². The molecule has 2 rings (SSSR count). The summed E-state index contributed by atoms with van der Waals surface area (Å²) in [5.74, 6) is -0.737. The molecule has 0 aromatic heterocycles. The second-order valence-electron chi connectivity index (χ2n) is 5.07. The lowest BCUT2D eigenvalue weighted by atomic mass is 10.0. The molecule has 3 heteroatoms. The number of benzene rings is 1. The molecule has 0 heterocycles. The smallest absolute Gasteiger partial charge is 0.317 e. The van der Waals surface area contributed by atoms with Crippen molar-refractivity contribution in [2.24, 2.45) is 0 Å². The number of hydrogen-bond donors (Lipinski definition) is 1. The minimum Gasteiger partial charge on any atom is -0.480 e. The molecular formula is C15H21NO2. The van der Waals surface area contributed by atoms with E-state index in [-0.39, 0.29) is 12.6 Å². The summed E-state index contributed by atoms with van der Waals surface area (Å²) >= 11 is 0. The van der Waals surface area contributed by atoms with Crippen molar-refractivity contribution >= 4 is 5.97 Å². The molecule has 1 N–H and O–H groups in total. The van der Waals surface area contributed by atoms with Gasteiger partial charge < -0.3 is 5.11 Å². The van der Waals surface area contributed by atoms with E-state index in [0.717, 1.165) is 19.3 Å². The third-order valence-corrected chi connectivity index (χ3v) is 3.70. The maximum absolute atomic E-state index is 10.9. The van der Waals surface area contributed by atoms with Crippen LogP contribution in [0.15, 0.2) is 24.3 Å². The van der Waals surface area contributed by atoms with Crippen LogP contribution < -0.4 is 0 Å². The summed E-state index contributed by atoms with van der Waals surface area (Å²) in [5.41, 5.74) is 2.53. The molecule has 1 atom stereocenters. The van der Waals surface area contributed by atoms with Gasteiger partial charge in [0.1, 0.15) is 0 Å². The van der Waals surface area contributed by atoms with Gasteiger partial charge in [-0.2, -0.15) is 0 Å². The van der Waals surface area contributed by atoms with Crippen LogP contribution in [-0.4, -0.2) is 28.6 Å². The molecule has 0 radical (unpaired) electrons. The van der Waals surface area contributed by atoms with Gasteiger partial charge in [-0.25, -0.2) is 0 Å². The maximum atomic E-state index is 10.9. The lowest BCUT2D eigenvalue weighted by Crippen LogP contribution is -2.34. The summed E-state index contributed by atoms with van der Waals surface area (Å²) in [6.45, 7) is 4.38. The minimum atomic E-state index is -0.737. The summed E-state index contributed by atoms with van der Waals surface area (Å²) < 4.78 is 0. The van der Waals surface area contributed by atoms with E-state index in [4.69, 9.17) is 5.11 Å². The lowest BCUT2D eigenvalue weighted by Gasteiger charge is -2.27. The summed E-state index contributed by atoms with van der Waals surface area (Å²) in [6, 6.07) is 9.16. The van der Waals surface area contributed by atoms with E-state index < -0.39 is 5.97 Å². The number of hydrogen-bond acceptors (Lipinski definition) is 2. The summed E-state index contributed by atoms with van der Waals surface area (Å²) in [6.07, 6.45) is 3.30. The van der Waals surface area contributed by atoms with E-state index in [1.807, 2.05) is 0 Å². The third kappa shape index (κ3) is 3.10. The zero-order chi connectivity index (χ0) is 13.1. The normalized spacial score (nSPS) is 16.8. The Kier molecular flexibility index (Phi) is 4.02. The number of aryl methyl sites for hydroxylation is 1. The first-order valence-corrected chi connectivity index (χ1v) is 6.68. The molecule has 0 spiro atoms. The number of nitrogens with zero attached hydrogens (tertiary/aromatic N) is 1. The van der Waals surface area contributed by atoms with Crippen LogP contribution in [0.4, 0.5) is 0 Å². The Morgan fingerprint density at radius 3 is 2.44 bits per heavy atom. The number of carboxylic acids is 1. The van der Waals surface area contributed by atoms with Crippen molar-refractivity contribution in [3.63, 3.8) is 0 Å². The van der Waals surface area contributed by atoms with Crippen LogP contribution in [0.1, 0.15) is 43.9 Å². The molecule has 1 unspecified atom stereocenters. The van der Waals surface area contributed by atoms with E-state index >= 15 is 0 Å². The molecule has 3 nitrogen and oxygen atoms in total. The van der Waals surface area contributed by atoms with Crippen molar-refractivity contribution < 1.29 is 9.90 Å². The first kappa shape index (κ1) is 13.1. The molecule has 1 fully saturated rings. The zero-order valence-corrected chi connectivity index (χ0v) is 11.1. The fourth-order valence-electron chi connectivity index (χ4n) is 2.37. The number of carbonyl (C=O) groups is 1. The highest BCUT2D eigenvalue weighted by Gasteiger charge is 2.33. The Labute approximate surface area is 108 Å². The van der Waals surface area contributed by atoms with E-state index in [1.165, 1.54) is 11.1 Å². The molecule has 1 aromatic rings. The van der Waals surface area contributed by atoms with E-state index in [0.29, 0.717) is 6.04 Å². The number of carboxylic acid groups (broad SMARTS) is 1. The molecule has 18 heavy (non-hydrogen) atoms. The standard InChI is InChI=1S/C15H21NO2/c1-3-12-4-6-13(7-5-12)11(2)16(10-15(17)18)14-8-9-14/h4-7,11,14H,3,8-10H2,1-2H3,(H,17,18). The molecule has 1 saturated carbocycles. The fraction of sp³-hybridized carbons (Fsp3) is 0.533. The number of aliphatic carboxylic acids is 1. The minimum absolute atomic E-state index is 0.140. The Bertz CT molecular complexity index is 409. The Balaban J connectivity index is 2.10. The first-order chi connectivity index (χ1) is 8.61. The summed E-state index contributed by atoms with van der Waals surface area (Å²) in [5, 5.41) is 9.00. The maximum Gasteiger partial charge on any atom is 0.317 e.